The van der Waals surface area contributed by atoms with Crippen molar-refractivity contribution in [2.24, 2.45) is 17.5 Å². The minimum Gasteiger partial charge on any atom is -0.475 e. The van der Waals surface area contributed by atoms with E-state index in [0.29, 0.717) is 51.0 Å². The number of amides is 2. The maximum Gasteiger partial charge on any atom is 0.236 e. The highest BCUT2D eigenvalue weighted by Gasteiger charge is 2.51. The summed E-state index contributed by atoms with van der Waals surface area (Å²) in [5.74, 6) is 1.62. The number of hydrogen-bond donors (Lipinski definition) is 0. The molecule has 4 aromatic rings. The SMILES string of the molecule is CC(C)Oc1ccc(C2=NCc3ccc(N4CC[C@]5(CCN(CC(=O)N6CCN(c7ccc(-c8ncn(C)n8)cc7)CC6)C5)C4=O)cc32)cn1. The Hall–Kier alpha value is -5.10. The molecule has 4 aliphatic heterocycles. The number of rotatable bonds is 8. The van der Waals surface area contributed by atoms with Gasteiger partial charge in [0.1, 0.15) is 6.33 Å². The molecule has 2 aromatic carbocycles. The Labute approximate surface area is 292 Å². The number of carbonyl (C=O) groups is 2. The zero-order valence-electron chi connectivity index (χ0n) is 29.0. The third-order valence-electron chi connectivity index (χ3n) is 10.5. The largest absolute Gasteiger partial charge is 0.475 e. The molecule has 6 heterocycles. The third kappa shape index (κ3) is 6.12. The van der Waals surface area contributed by atoms with E-state index in [2.05, 4.69) is 49.1 Å². The zero-order valence-corrected chi connectivity index (χ0v) is 29.0. The highest BCUT2D eigenvalue weighted by atomic mass is 16.5. The van der Waals surface area contributed by atoms with Crippen molar-refractivity contribution in [1.29, 1.82) is 0 Å². The van der Waals surface area contributed by atoms with Crippen LogP contribution in [0.3, 0.4) is 0 Å². The molecule has 0 saturated carbocycles. The quantitative estimate of drug-likeness (QED) is 0.278. The van der Waals surface area contributed by atoms with Gasteiger partial charge in [0, 0.05) is 86.6 Å². The van der Waals surface area contributed by atoms with E-state index >= 15 is 0 Å². The lowest BCUT2D eigenvalue weighted by Crippen LogP contribution is -2.51. The number of anilines is 2. The van der Waals surface area contributed by atoms with Crippen LogP contribution in [0.25, 0.3) is 11.4 Å². The van der Waals surface area contributed by atoms with Crippen molar-refractivity contribution < 1.29 is 14.3 Å². The minimum atomic E-state index is -0.442. The maximum atomic E-state index is 14.1. The summed E-state index contributed by atoms with van der Waals surface area (Å²) in [7, 11) is 1.86. The molecule has 0 radical (unpaired) electrons. The van der Waals surface area contributed by atoms with E-state index in [1.54, 1.807) is 11.0 Å². The molecule has 0 unspecified atom stereocenters. The lowest BCUT2D eigenvalue weighted by Gasteiger charge is -2.37. The molecule has 12 heteroatoms. The van der Waals surface area contributed by atoms with E-state index in [1.807, 2.05) is 67.2 Å². The molecule has 3 saturated heterocycles. The Morgan fingerprint density at radius 3 is 2.38 bits per heavy atom. The third-order valence-corrected chi connectivity index (χ3v) is 10.5. The number of nitrogens with zero attached hydrogens (tertiary/aromatic N) is 9. The Morgan fingerprint density at radius 1 is 0.900 bits per heavy atom. The van der Waals surface area contributed by atoms with Crippen molar-refractivity contribution in [2.75, 3.05) is 62.2 Å². The van der Waals surface area contributed by atoms with Crippen molar-refractivity contribution >= 4 is 28.9 Å². The molecule has 3 fully saturated rings. The Kier molecular flexibility index (Phi) is 8.34. The number of carbonyl (C=O) groups excluding carboxylic acids is 2. The van der Waals surface area contributed by atoms with Gasteiger partial charge in [-0.1, -0.05) is 6.07 Å². The van der Waals surface area contributed by atoms with Gasteiger partial charge >= 0.3 is 0 Å². The van der Waals surface area contributed by atoms with Crippen LogP contribution >= 0.6 is 0 Å². The lowest BCUT2D eigenvalue weighted by molar-refractivity contribution is -0.133. The van der Waals surface area contributed by atoms with Crippen molar-refractivity contribution in [3.05, 3.63) is 83.8 Å². The summed E-state index contributed by atoms with van der Waals surface area (Å²) >= 11 is 0. The predicted octanol–water partition coefficient (Wildman–Crippen LogP) is 3.79. The molecule has 12 nitrogen and oxygen atoms in total. The second kappa shape index (κ2) is 13.0. The van der Waals surface area contributed by atoms with E-state index in [0.717, 1.165) is 71.8 Å². The first-order chi connectivity index (χ1) is 24.2. The topological polar surface area (TPSA) is 112 Å². The first-order valence-corrected chi connectivity index (χ1v) is 17.6. The number of benzene rings is 2. The number of piperazine rings is 1. The molecule has 50 heavy (non-hydrogen) atoms. The number of likely N-dealkylation sites (tertiary alicyclic amines) is 1. The highest BCUT2D eigenvalue weighted by molar-refractivity contribution is 6.16. The lowest BCUT2D eigenvalue weighted by atomic mass is 9.85. The van der Waals surface area contributed by atoms with E-state index < -0.39 is 5.41 Å². The van der Waals surface area contributed by atoms with Gasteiger partial charge in [0.15, 0.2) is 5.82 Å². The summed E-state index contributed by atoms with van der Waals surface area (Å²) in [5, 5.41) is 4.38. The zero-order chi connectivity index (χ0) is 34.4. The normalized spacial score (nSPS) is 20.7. The van der Waals surface area contributed by atoms with Crippen molar-refractivity contribution in [3.63, 3.8) is 0 Å². The van der Waals surface area contributed by atoms with Gasteiger partial charge in [-0.3, -0.25) is 24.2 Å². The molecule has 1 spiro atoms. The average molecular weight is 674 g/mol. The monoisotopic (exact) mass is 673 g/mol. The second-order valence-corrected chi connectivity index (χ2v) is 14.2. The fraction of sp³-hybridized carbons (Fsp3) is 0.421. The summed E-state index contributed by atoms with van der Waals surface area (Å²) in [6, 6.07) is 18.4. The summed E-state index contributed by atoms with van der Waals surface area (Å²) in [6.45, 7) is 9.92. The van der Waals surface area contributed by atoms with Gasteiger partial charge in [0.25, 0.3) is 0 Å². The molecule has 1 atom stereocenters. The maximum absolute atomic E-state index is 14.1. The van der Waals surface area contributed by atoms with E-state index in [4.69, 9.17) is 9.73 Å². The van der Waals surface area contributed by atoms with Gasteiger partial charge in [-0.15, -0.1) is 0 Å². The van der Waals surface area contributed by atoms with Crippen LogP contribution in [0.1, 0.15) is 43.4 Å². The fourth-order valence-corrected chi connectivity index (χ4v) is 7.76. The first-order valence-electron chi connectivity index (χ1n) is 17.6. The van der Waals surface area contributed by atoms with E-state index in [-0.39, 0.29) is 17.9 Å². The molecule has 8 rings (SSSR count). The molecule has 0 N–H and O–H groups in total. The molecule has 2 amide bonds. The molecule has 258 valence electrons. The van der Waals surface area contributed by atoms with Crippen molar-refractivity contribution in [1.82, 2.24) is 29.5 Å². The number of aromatic nitrogens is 4. The molecule has 4 aliphatic rings. The Morgan fingerprint density at radius 2 is 1.66 bits per heavy atom. The van der Waals surface area contributed by atoms with Crippen molar-refractivity contribution in [2.45, 2.75) is 39.3 Å². The number of aryl methyl sites for hydroxylation is 1. The standard InChI is InChI=1S/C38H43N9O3/c1-26(2)50-33-11-7-29(22-39-33)35-32-20-31(10-6-28(32)21-40-35)47-15-13-38(37(47)49)12-14-44(24-38)23-34(48)46-18-16-45(17-19-46)30-8-4-27(5-9-30)36-41-25-43(3)42-36/h4-11,20,22,25-26H,12-19,21,23-24H2,1-3H3/t38-/m0/s1. The average Bonchev–Trinajstić information content (AvgIpc) is 3.92. The van der Waals surface area contributed by atoms with Crippen LogP contribution in [-0.2, 0) is 23.2 Å². The van der Waals surface area contributed by atoms with Crippen LogP contribution in [0.15, 0.2) is 72.1 Å². The predicted molar refractivity (Wildman–Crippen MR) is 191 cm³/mol. The Balaban J connectivity index is 0.858. The highest BCUT2D eigenvalue weighted by Crippen LogP contribution is 2.43. The summed E-state index contributed by atoms with van der Waals surface area (Å²) in [5.41, 5.74) is 6.62. The summed E-state index contributed by atoms with van der Waals surface area (Å²) < 4.78 is 7.41. The van der Waals surface area contributed by atoms with Crippen LogP contribution < -0.4 is 14.5 Å². The van der Waals surface area contributed by atoms with Crippen molar-refractivity contribution in [3.8, 4) is 17.3 Å². The first kappa shape index (κ1) is 32.1. The van der Waals surface area contributed by atoms with Gasteiger partial charge in [-0.2, -0.15) is 5.10 Å². The van der Waals surface area contributed by atoms with Crippen LogP contribution in [0.4, 0.5) is 11.4 Å². The smallest absolute Gasteiger partial charge is 0.236 e. The number of hydrogen-bond acceptors (Lipinski definition) is 9. The molecule has 0 aliphatic carbocycles. The van der Waals surface area contributed by atoms with Gasteiger partial charge < -0.3 is 19.4 Å². The van der Waals surface area contributed by atoms with E-state index in [1.165, 1.54) is 0 Å². The summed E-state index contributed by atoms with van der Waals surface area (Å²) in [4.78, 5) is 49.5. The number of aliphatic imine (C=N–C) groups is 1. The fourth-order valence-electron chi connectivity index (χ4n) is 7.76. The molecular formula is C38H43N9O3. The summed E-state index contributed by atoms with van der Waals surface area (Å²) in [6.07, 6.45) is 5.14. The van der Waals surface area contributed by atoms with Gasteiger partial charge in [0.2, 0.25) is 17.7 Å². The molecular weight excluding hydrogens is 630 g/mol. The number of ether oxygens (including phenoxy) is 1. The number of fused-ring (bicyclic) bond motifs is 1. The molecule has 2 aromatic heterocycles. The Bertz CT molecular complexity index is 1930. The minimum absolute atomic E-state index is 0.0583. The van der Waals surface area contributed by atoms with Gasteiger partial charge in [-0.05, 0) is 81.3 Å². The second-order valence-electron chi connectivity index (χ2n) is 14.2. The van der Waals surface area contributed by atoms with Gasteiger partial charge in [0.05, 0.1) is 30.3 Å². The van der Waals surface area contributed by atoms with E-state index in [9.17, 15) is 9.59 Å². The van der Waals surface area contributed by atoms with Crippen LogP contribution in [0.2, 0.25) is 0 Å². The van der Waals surface area contributed by atoms with Crippen LogP contribution in [0, 0.1) is 5.41 Å². The number of pyridine rings is 1. The van der Waals surface area contributed by atoms with Gasteiger partial charge in [-0.25, -0.2) is 9.97 Å². The van der Waals surface area contributed by atoms with Crippen LogP contribution in [0.5, 0.6) is 5.88 Å². The molecule has 0 bridgehead atoms. The van der Waals surface area contributed by atoms with Crippen LogP contribution in [-0.4, -0.2) is 106 Å².